The fourth-order valence-electron chi connectivity index (χ4n) is 2.31. The number of likely N-dealkylation sites (tertiary alicyclic amines) is 1. The number of pyridine rings is 1. The quantitative estimate of drug-likeness (QED) is 0.925. The van der Waals surface area contributed by atoms with Crippen molar-refractivity contribution in [1.82, 2.24) is 19.9 Å². The molecule has 1 N–H and O–H groups in total. The Morgan fingerprint density at radius 1 is 1.19 bits per heavy atom. The van der Waals surface area contributed by atoms with Crippen LogP contribution in [0.3, 0.4) is 0 Å². The van der Waals surface area contributed by atoms with Crippen molar-refractivity contribution in [1.29, 1.82) is 0 Å². The van der Waals surface area contributed by atoms with Crippen LogP contribution in [-0.4, -0.2) is 38.8 Å². The van der Waals surface area contributed by atoms with E-state index in [0.29, 0.717) is 18.1 Å². The van der Waals surface area contributed by atoms with Crippen LogP contribution >= 0.6 is 0 Å². The van der Waals surface area contributed by atoms with Gasteiger partial charge in [-0.05, 0) is 24.5 Å². The van der Waals surface area contributed by atoms with E-state index in [-0.39, 0.29) is 5.91 Å². The number of anilines is 1. The second-order valence-corrected chi connectivity index (χ2v) is 5.00. The van der Waals surface area contributed by atoms with Crippen LogP contribution in [0.4, 0.5) is 5.82 Å². The average Bonchev–Trinajstić information content (AvgIpc) is 3.08. The van der Waals surface area contributed by atoms with E-state index in [0.717, 1.165) is 31.5 Å². The maximum absolute atomic E-state index is 12.1. The van der Waals surface area contributed by atoms with E-state index in [1.54, 1.807) is 18.6 Å². The first-order valence-corrected chi connectivity index (χ1v) is 7.07. The zero-order valence-electron chi connectivity index (χ0n) is 11.7. The lowest BCUT2D eigenvalue weighted by Crippen LogP contribution is -2.28. The van der Waals surface area contributed by atoms with E-state index < -0.39 is 0 Å². The zero-order chi connectivity index (χ0) is 14.5. The van der Waals surface area contributed by atoms with E-state index in [9.17, 15) is 4.79 Å². The summed E-state index contributed by atoms with van der Waals surface area (Å²) in [4.78, 5) is 26.5. The Balaban J connectivity index is 1.60. The van der Waals surface area contributed by atoms with E-state index in [4.69, 9.17) is 0 Å². The summed E-state index contributed by atoms with van der Waals surface area (Å²) in [5.74, 6) is 0.621. The summed E-state index contributed by atoms with van der Waals surface area (Å²) in [5, 5.41) is 3.16. The highest BCUT2D eigenvalue weighted by molar-refractivity contribution is 5.92. The molecule has 0 bridgehead atoms. The molecule has 0 radical (unpaired) electrons. The Labute approximate surface area is 123 Å². The zero-order valence-corrected chi connectivity index (χ0v) is 11.7. The maximum Gasteiger partial charge on any atom is 0.274 e. The van der Waals surface area contributed by atoms with Crippen LogP contribution in [0.1, 0.15) is 28.9 Å². The molecule has 1 amide bonds. The van der Waals surface area contributed by atoms with Gasteiger partial charge in [-0.15, -0.1) is 0 Å². The van der Waals surface area contributed by atoms with Crippen molar-refractivity contribution in [3.63, 3.8) is 0 Å². The second kappa shape index (κ2) is 6.30. The Kier molecular flexibility index (Phi) is 4.04. The summed E-state index contributed by atoms with van der Waals surface area (Å²) in [6.45, 7) is 2.27. The number of nitrogens with one attached hydrogen (secondary N) is 1. The summed E-state index contributed by atoms with van der Waals surface area (Å²) >= 11 is 0. The van der Waals surface area contributed by atoms with E-state index in [2.05, 4.69) is 20.3 Å². The molecule has 0 aromatic carbocycles. The molecule has 1 fully saturated rings. The first kappa shape index (κ1) is 13.5. The Hall–Kier alpha value is -2.50. The summed E-state index contributed by atoms with van der Waals surface area (Å²) in [6, 6.07) is 3.87. The molecule has 6 heteroatoms. The second-order valence-electron chi connectivity index (χ2n) is 5.00. The molecule has 21 heavy (non-hydrogen) atoms. The van der Waals surface area contributed by atoms with Gasteiger partial charge < -0.3 is 10.2 Å². The third-order valence-electron chi connectivity index (χ3n) is 3.46. The fourth-order valence-corrected chi connectivity index (χ4v) is 2.31. The Bertz CT molecular complexity index is 593. The highest BCUT2D eigenvalue weighted by Crippen LogP contribution is 2.12. The first-order valence-electron chi connectivity index (χ1n) is 7.07. The standard InChI is InChI=1S/C15H17N5O/c21-15(20-6-1-2-7-20)13-10-19-14(11-17-13)18-9-12-4-3-5-16-8-12/h3-5,8,10-11H,1-2,6-7,9H2,(H,18,19). The molecule has 2 aromatic heterocycles. The summed E-state index contributed by atoms with van der Waals surface area (Å²) < 4.78 is 0. The molecule has 1 aliphatic rings. The summed E-state index contributed by atoms with van der Waals surface area (Å²) in [7, 11) is 0. The largest absolute Gasteiger partial charge is 0.365 e. The molecule has 3 rings (SSSR count). The van der Waals surface area contributed by atoms with Crippen LogP contribution in [0.2, 0.25) is 0 Å². The van der Waals surface area contributed by atoms with Gasteiger partial charge in [0.15, 0.2) is 0 Å². The van der Waals surface area contributed by atoms with Gasteiger partial charge in [-0.1, -0.05) is 6.07 Å². The van der Waals surface area contributed by atoms with Crippen LogP contribution < -0.4 is 5.32 Å². The molecule has 1 saturated heterocycles. The molecule has 3 heterocycles. The van der Waals surface area contributed by atoms with Crippen LogP contribution in [0, 0.1) is 0 Å². The molecule has 6 nitrogen and oxygen atoms in total. The molecule has 0 atom stereocenters. The lowest BCUT2D eigenvalue weighted by atomic mass is 10.3. The van der Waals surface area contributed by atoms with Crippen LogP contribution in [0.15, 0.2) is 36.9 Å². The normalized spacial score (nSPS) is 14.2. The maximum atomic E-state index is 12.1. The molecule has 0 aliphatic carbocycles. The van der Waals surface area contributed by atoms with Crippen molar-refractivity contribution < 1.29 is 4.79 Å². The Morgan fingerprint density at radius 3 is 2.71 bits per heavy atom. The van der Waals surface area contributed by atoms with Crippen LogP contribution in [0.25, 0.3) is 0 Å². The molecule has 1 aliphatic heterocycles. The molecular formula is C15H17N5O. The molecular weight excluding hydrogens is 266 g/mol. The predicted octanol–water partition coefficient (Wildman–Crippen LogP) is 1.72. The topological polar surface area (TPSA) is 71.0 Å². The van der Waals surface area contributed by atoms with Crippen molar-refractivity contribution >= 4 is 11.7 Å². The van der Waals surface area contributed by atoms with E-state index in [1.807, 2.05) is 17.0 Å². The lowest BCUT2D eigenvalue weighted by Gasteiger charge is -2.14. The van der Waals surface area contributed by atoms with Gasteiger partial charge in [0.2, 0.25) is 0 Å². The van der Waals surface area contributed by atoms with Gasteiger partial charge in [0.1, 0.15) is 11.5 Å². The van der Waals surface area contributed by atoms with Crippen molar-refractivity contribution in [2.45, 2.75) is 19.4 Å². The van der Waals surface area contributed by atoms with Crippen molar-refractivity contribution in [3.8, 4) is 0 Å². The molecule has 2 aromatic rings. The first-order chi connectivity index (χ1) is 10.3. The van der Waals surface area contributed by atoms with Crippen molar-refractivity contribution in [2.24, 2.45) is 0 Å². The number of carbonyl (C=O) groups excluding carboxylic acids is 1. The number of hydrogen-bond acceptors (Lipinski definition) is 5. The smallest absolute Gasteiger partial charge is 0.274 e. The van der Waals surface area contributed by atoms with Gasteiger partial charge in [-0.25, -0.2) is 9.97 Å². The van der Waals surface area contributed by atoms with Gasteiger partial charge in [0.05, 0.1) is 12.4 Å². The third-order valence-corrected chi connectivity index (χ3v) is 3.46. The van der Waals surface area contributed by atoms with E-state index in [1.165, 1.54) is 6.20 Å². The highest BCUT2D eigenvalue weighted by atomic mass is 16.2. The molecule has 0 spiro atoms. The van der Waals surface area contributed by atoms with E-state index >= 15 is 0 Å². The minimum Gasteiger partial charge on any atom is -0.365 e. The van der Waals surface area contributed by atoms with Crippen LogP contribution in [0.5, 0.6) is 0 Å². The minimum absolute atomic E-state index is 0.0289. The number of rotatable bonds is 4. The monoisotopic (exact) mass is 283 g/mol. The van der Waals surface area contributed by atoms with Gasteiger partial charge in [-0.2, -0.15) is 0 Å². The number of aromatic nitrogens is 3. The number of nitrogens with zero attached hydrogens (tertiary/aromatic N) is 4. The van der Waals surface area contributed by atoms with Gasteiger partial charge in [0.25, 0.3) is 5.91 Å². The molecule has 108 valence electrons. The predicted molar refractivity (Wildman–Crippen MR) is 78.7 cm³/mol. The van der Waals surface area contributed by atoms with Gasteiger partial charge in [0, 0.05) is 32.0 Å². The number of carbonyl (C=O) groups is 1. The Morgan fingerprint density at radius 2 is 2.05 bits per heavy atom. The van der Waals surface area contributed by atoms with Gasteiger partial charge >= 0.3 is 0 Å². The third kappa shape index (κ3) is 3.34. The minimum atomic E-state index is -0.0289. The lowest BCUT2D eigenvalue weighted by molar-refractivity contribution is 0.0786. The van der Waals surface area contributed by atoms with Gasteiger partial charge in [-0.3, -0.25) is 9.78 Å². The molecule has 0 saturated carbocycles. The summed E-state index contributed by atoms with van der Waals surface area (Å²) in [6.07, 6.45) is 8.81. The SMILES string of the molecule is O=C(c1cnc(NCc2cccnc2)cn1)N1CCCC1. The van der Waals surface area contributed by atoms with Crippen molar-refractivity contribution in [2.75, 3.05) is 18.4 Å². The fraction of sp³-hybridized carbons (Fsp3) is 0.333. The molecule has 0 unspecified atom stereocenters. The average molecular weight is 283 g/mol. The van der Waals surface area contributed by atoms with Crippen LogP contribution in [-0.2, 0) is 6.54 Å². The number of hydrogen-bond donors (Lipinski definition) is 1. The number of amides is 1. The summed E-state index contributed by atoms with van der Waals surface area (Å²) in [5.41, 5.74) is 1.47. The highest BCUT2D eigenvalue weighted by Gasteiger charge is 2.20. The van der Waals surface area contributed by atoms with Crippen molar-refractivity contribution in [3.05, 3.63) is 48.2 Å².